The summed E-state index contributed by atoms with van der Waals surface area (Å²) in [5.41, 5.74) is 2.81. The molecule has 1 aromatic rings. The number of hydrogen-bond acceptors (Lipinski definition) is 1. The molecule has 1 heteroatoms. The van der Waals surface area contributed by atoms with Gasteiger partial charge in [0.15, 0.2) is 0 Å². The van der Waals surface area contributed by atoms with Gasteiger partial charge in [0.05, 0.1) is 0 Å². The van der Waals surface area contributed by atoms with Crippen LogP contribution in [0.1, 0.15) is 19.4 Å². The lowest BCUT2D eigenvalue weighted by atomic mass is 9.86. The highest BCUT2D eigenvalue weighted by atomic mass is 14.9. The summed E-state index contributed by atoms with van der Waals surface area (Å²) in [7, 11) is 0. The van der Waals surface area contributed by atoms with Gasteiger partial charge in [0.2, 0.25) is 0 Å². The second-order valence-corrected chi connectivity index (χ2v) is 4.25. The van der Waals surface area contributed by atoms with Gasteiger partial charge >= 0.3 is 0 Å². The van der Waals surface area contributed by atoms with E-state index in [0.717, 1.165) is 18.4 Å². The van der Waals surface area contributed by atoms with Gasteiger partial charge in [-0.3, -0.25) is 0 Å². The standard InChI is InChI=1S/C12H17N/c1-9(2)11-7-10-5-3-4-6-12(10)13-8-11/h3-6,9,11,13H,7-8H2,1-2H3. The summed E-state index contributed by atoms with van der Waals surface area (Å²) in [6.45, 7) is 5.75. The Hall–Kier alpha value is -0.980. The van der Waals surface area contributed by atoms with Crippen LogP contribution in [-0.2, 0) is 6.42 Å². The summed E-state index contributed by atoms with van der Waals surface area (Å²) < 4.78 is 0. The molecular weight excluding hydrogens is 158 g/mol. The van der Waals surface area contributed by atoms with Crippen LogP contribution in [0.2, 0.25) is 0 Å². The molecule has 1 N–H and O–H groups in total. The lowest BCUT2D eigenvalue weighted by Crippen LogP contribution is -2.26. The maximum absolute atomic E-state index is 3.49. The summed E-state index contributed by atoms with van der Waals surface area (Å²) in [4.78, 5) is 0. The molecule has 1 aliphatic heterocycles. The molecule has 0 aliphatic carbocycles. The molecule has 1 heterocycles. The van der Waals surface area contributed by atoms with Gasteiger partial charge in [0.1, 0.15) is 0 Å². The number of anilines is 1. The molecule has 1 nitrogen and oxygen atoms in total. The van der Waals surface area contributed by atoms with E-state index in [2.05, 4.69) is 43.4 Å². The molecule has 0 aromatic heterocycles. The Balaban J connectivity index is 2.20. The van der Waals surface area contributed by atoms with E-state index in [1.807, 2.05) is 0 Å². The summed E-state index contributed by atoms with van der Waals surface area (Å²) in [5, 5.41) is 3.49. The first-order valence-electron chi connectivity index (χ1n) is 5.09. The molecule has 0 saturated carbocycles. The van der Waals surface area contributed by atoms with E-state index in [1.165, 1.54) is 17.7 Å². The zero-order valence-electron chi connectivity index (χ0n) is 8.38. The normalized spacial score (nSPS) is 21.0. The van der Waals surface area contributed by atoms with Gasteiger partial charge < -0.3 is 5.32 Å². The second-order valence-electron chi connectivity index (χ2n) is 4.25. The maximum Gasteiger partial charge on any atom is 0.0372 e. The lowest BCUT2D eigenvalue weighted by molar-refractivity contribution is 0.394. The van der Waals surface area contributed by atoms with E-state index >= 15 is 0 Å². The minimum absolute atomic E-state index is 0.779. The molecule has 1 unspecified atom stereocenters. The van der Waals surface area contributed by atoms with Gasteiger partial charge in [-0.05, 0) is 29.9 Å². The Morgan fingerprint density at radius 3 is 2.85 bits per heavy atom. The van der Waals surface area contributed by atoms with Gasteiger partial charge in [-0.1, -0.05) is 32.0 Å². The van der Waals surface area contributed by atoms with E-state index < -0.39 is 0 Å². The molecular formula is C12H17N. The summed E-state index contributed by atoms with van der Waals surface area (Å²) in [5.74, 6) is 1.58. The Kier molecular flexibility index (Phi) is 2.26. The third kappa shape index (κ3) is 1.69. The van der Waals surface area contributed by atoms with Crippen molar-refractivity contribution in [3.8, 4) is 0 Å². The molecule has 0 bridgehead atoms. The molecule has 1 atom stereocenters. The van der Waals surface area contributed by atoms with E-state index in [9.17, 15) is 0 Å². The second kappa shape index (κ2) is 3.41. The number of rotatable bonds is 1. The molecule has 70 valence electrons. The monoisotopic (exact) mass is 175 g/mol. The van der Waals surface area contributed by atoms with Crippen molar-refractivity contribution >= 4 is 5.69 Å². The quantitative estimate of drug-likeness (QED) is 0.692. The van der Waals surface area contributed by atoms with E-state index in [1.54, 1.807) is 0 Å². The molecule has 2 rings (SSSR count). The number of benzene rings is 1. The summed E-state index contributed by atoms with van der Waals surface area (Å²) in [6.07, 6.45) is 1.24. The number of fused-ring (bicyclic) bond motifs is 1. The number of nitrogens with one attached hydrogen (secondary N) is 1. The van der Waals surface area contributed by atoms with Gasteiger partial charge in [-0.25, -0.2) is 0 Å². The molecule has 0 saturated heterocycles. The van der Waals surface area contributed by atoms with Gasteiger partial charge in [-0.2, -0.15) is 0 Å². The summed E-state index contributed by atoms with van der Waals surface area (Å²) >= 11 is 0. The number of hydrogen-bond donors (Lipinski definition) is 1. The first-order valence-corrected chi connectivity index (χ1v) is 5.09. The fourth-order valence-electron chi connectivity index (χ4n) is 1.94. The van der Waals surface area contributed by atoms with Crippen molar-refractivity contribution in [2.24, 2.45) is 11.8 Å². The smallest absolute Gasteiger partial charge is 0.0372 e. The average Bonchev–Trinajstić information content (AvgIpc) is 2.17. The highest BCUT2D eigenvalue weighted by molar-refractivity contribution is 5.53. The zero-order chi connectivity index (χ0) is 9.26. The molecule has 0 spiro atoms. The van der Waals surface area contributed by atoms with Gasteiger partial charge in [-0.15, -0.1) is 0 Å². The van der Waals surface area contributed by atoms with Crippen molar-refractivity contribution in [3.05, 3.63) is 29.8 Å². The summed E-state index contributed by atoms with van der Waals surface area (Å²) in [6, 6.07) is 8.63. The van der Waals surface area contributed by atoms with Crippen LogP contribution >= 0.6 is 0 Å². The van der Waals surface area contributed by atoms with Crippen LogP contribution in [0, 0.1) is 11.8 Å². The average molecular weight is 175 g/mol. The first kappa shape index (κ1) is 8.61. The zero-order valence-corrected chi connectivity index (χ0v) is 8.38. The largest absolute Gasteiger partial charge is 0.385 e. The fourth-order valence-corrected chi connectivity index (χ4v) is 1.94. The molecule has 0 radical (unpaired) electrons. The maximum atomic E-state index is 3.49. The molecule has 13 heavy (non-hydrogen) atoms. The van der Waals surface area contributed by atoms with Crippen LogP contribution in [0.25, 0.3) is 0 Å². The van der Waals surface area contributed by atoms with Gasteiger partial charge in [0.25, 0.3) is 0 Å². The first-order chi connectivity index (χ1) is 6.27. The predicted molar refractivity (Wildman–Crippen MR) is 57.0 cm³/mol. The Morgan fingerprint density at radius 2 is 2.08 bits per heavy atom. The fraction of sp³-hybridized carbons (Fsp3) is 0.500. The molecule has 0 amide bonds. The van der Waals surface area contributed by atoms with Crippen LogP contribution in [0.15, 0.2) is 24.3 Å². The number of para-hydroxylation sites is 1. The van der Waals surface area contributed by atoms with Crippen LogP contribution in [0.4, 0.5) is 5.69 Å². The van der Waals surface area contributed by atoms with Crippen LogP contribution in [0.5, 0.6) is 0 Å². The third-order valence-electron chi connectivity index (χ3n) is 3.00. The molecule has 1 aliphatic rings. The molecule has 1 aromatic carbocycles. The van der Waals surface area contributed by atoms with Crippen molar-refractivity contribution < 1.29 is 0 Å². The van der Waals surface area contributed by atoms with Crippen molar-refractivity contribution in [1.82, 2.24) is 0 Å². The van der Waals surface area contributed by atoms with E-state index in [-0.39, 0.29) is 0 Å². The third-order valence-corrected chi connectivity index (χ3v) is 3.00. The van der Waals surface area contributed by atoms with Gasteiger partial charge in [0, 0.05) is 12.2 Å². The van der Waals surface area contributed by atoms with E-state index in [4.69, 9.17) is 0 Å². The molecule has 0 fully saturated rings. The minimum Gasteiger partial charge on any atom is -0.385 e. The van der Waals surface area contributed by atoms with E-state index in [0.29, 0.717) is 0 Å². The van der Waals surface area contributed by atoms with Crippen LogP contribution in [0.3, 0.4) is 0 Å². The SMILES string of the molecule is CC(C)C1CNc2ccccc2C1. The highest BCUT2D eigenvalue weighted by Crippen LogP contribution is 2.27. The van der Waals surface area contributed by atoms with Crippen LogP contribution < -0.4 is 5.32 Å². The predicted octanol–water partition coefficient (Wildman–Crippen LogP) is 2.93. The topological polar surface area (TPSA) is 12.0 Å². The highest BCUT2D eigenvalue weighted by Gasteiger charge is 2.19. The Morgan fingerprint density at radius 1 is 1.31 bits per heavy atom. The van der Waals surface area contributed by atoms with Crippen molar-refractivity contribution in [1.29, 1.82) is 0 Å². The Labute approximate surface area is 80.2 Å². The minimum atomic E-state index is 0.779. The van der Waals surface area contributed by atoms with Crippen molar-refractivity contribution in [3.63, 3.8) is 0 Å². The van der Waals surface area contributed by atoms with Crippen LogP contribution in [-0.4, -0.2) is 6.54 Å². The lowest BCUT2D eigenvalue weighted by Gasteiger charge is -2.28. The Bertz CT molecular complexity index is 291. The van der Waals surface area contributed by atoms with Crippen molar-refractivity contribution in [2.75, 3.05) is 11.9 Å². The van der Waals surface area contributed by atoms with Crippen molar-refractivity contribution in [2.45, 2.75) is 20.3 Å².